The van der Waals surface area contributed by atoms with Gasteiger partial charge in [0.15, 0.2) is 11.0 Å². The summed E-state index contributed by atoms with van der Waals surface area (Å²) in [6.45, 7) is 2.82. The van der Waals surface area contributed by atoms with Gasteiger partial charge in [0, 0.05) is 16.7 Å². The van der Waals surface area contributed by atoms with E-state index in [1.54, 1.807) is 25.3 Å². The van der Waals surface area contributed by atoms with Crippen molar-refractivity contribution in [3.8, 4) is 5.75 Å². The van der Waals surface area contributed by atoms with Gasteiger partial charge in [-0.05, 0) is 58.7 Å². The number of methoxy groups -OCH3 is 1. The van der Waals surface area contributed by atoms with Gasteiger partial charge in [-0.25, -0.2) is 0 Å². The zero-order chi connectivity index (χ0) is 23.8. The molecule has 3 rings (SSSR count). The second-order valence-electron chi connectivity index (χ2n) is 6.91. The van der Waals surface area contributed by atoms with Crippen molar-refractivity contribution in [2.45, 2.75) is 31.6 Å². The van der Waals surface area contributed by atoms with Gasteiger partial charge in [-0.15, -0.1) is 10.2 Å². The van der Waals surface area contributed by atoms with Crippen LogP contribution in [0.3, 0.4) is 0 Å². The number of halogens is 2. The largest absolute Gasteiger partial charge is 0.497 e. The Balaban J connectivity index is 1.51. The smallest absolute Gasteiger partial charge is 0.234 e. The normalized spacial score (nSPS) is 10.7. The first-order valence-corrected chi connectivity index (χ1v) is 12.2. The highest BCUT2D eigenvalue weighted by Crippen LogP contribution is 2.26. The van der Waals surface area contributed by atoms with Crippen molar-refractivity contribution in [2.75, 3.05) is 18.2 Å². The van der Waals surface area contributed by atoms with Crippen LogP contribution in [0.2, 0.25) is 5.02 Å². The zero-order valence-electron chi connectivity index (χ0n) is 18.1. The van der Waals surface area contributed by atoms with Crippen LogP contribution in [0.1, 0.15) is 18.3 Å². The van der Waals surface area contributed by atoms with Crippen molar-refractivity contribution < 1.29 is 14.3 Å². The molecule has 0 saturated heterocycles. The molecular weight excluding hydrogens is 530 g/mol. The number of thioether (sulfide) groups is 1. The van der Waals surface area contributed by atoms with Crippen LogP contribution in [0, 0.1) is 0 Å². The summed E-state index contributed by atoms with van der Waals surface area (Å²) in [6, 6.07) is 12.6. The van der Waals surface area contributed by atoms with Crippen molar-refractivity contribution in [2.24, 2.45) is 0 Å². The lowest BCUT2D eigenvalue weighted by Gasteiger charge is -2.09. The van der Waals surface area contributed by atoms with Gasteiger partial charge in [-0.1, -0.05) is 35.5 Å². The van der Waals surface area contributed by atoms with Gasteiger partial charge in [0.2, 0.25) is 11.8 Å². The Bertz CT molecular complexity index is 1120. The molecule has 8 nitrogen and oxygen atoms in total. The topological polar surface area (TPSA) is 98.1 Å². The molecule has 3 aromatic rings. The van der Waals surface area contributed by atoms with E-state index in [1.807, 2.05) is 35.8 Å². The molecule has 2 aromatic carbocycles. The number of nitrogens with zero attached hydrogens (tertiary/aromatic N) is 3. The fourth-order valence-corrected chi connectivity index (χ4v) is 4.19. The summed E-state index contributed by atoms with van der Waals surface area (Å²) < 4.78 is 7.77. The minimum Gasteiger partial charge on any atom is -0.497 e. The standard InChI is InChI=1S/C22H23BrClN5O3S/c1-3-29-19(12-25-20(30)10-14-4-7-16(32-2)8-5-14)27-28-22(29)33-13-21(31)26-15-6-9-17(23)18(24)11-15/h4-9,11H,3,10,12-13H2,1-2H3,(H,25,30)(H,26,31). The molecule has 0 unspecified atom stereocenters. The minimum absolute atomic E-state index is 0.118. The molecule has 0 fully saturated rings. The molecule has 0 aliphatic rings. The van der Waals surface area contributed by atoms with Gasteiger partial charge in [0.1, 0.15) is 5.75 Å². The number of benzene rings is 2. The predicted octanol–water partition coefficient (Wildman–Crippen LogP) is 4.31. The molecule has 0 aliphatic carbocycles. The van der Waals surface area contributed by atoms with Crippen LogP contribution in [0.5, 0.6) is 5.75 Å². The number of hydrogen-bond donors (Lipinski definition) is 2. The van der Waals surface area contributed by atoms with Crippen LogP contribution in [0.15, 0.2) is 52.1 Å². The fraction of sp³-hybridized carbons (Fsp3) is 0.273. The van der Waals surface area contributed by atoms with Crippen molar-refractivity contribution in [3.05, 3.63) is 63.3 Å². The van der Waals surface area contributed by atoms with Crippen LogP contribution in [-0.4, -0.2) is 39.4 Å². The van der Waals surface area contributed by atoms with E-state index < -0.39 is 0 Å². The number of hydrogen-bond acceptors (Lipinski definition) is 6. The summed E-state index contributed by atoms with van der Waals surface area (Å²) in [5, 5.41) is 15.2. The molecule has 0 radical (unpaired) electrons. The molecule has 0 aliphatic heterocycles. The summed E-state index contributed by atoms with van der Waals surface area (Å²) in [5.41, 5.74) is 1.51. The molecule has 1 aromatic heterocycles. The van der Waals surface area contributed by atoms with E-state index in [1.165, 1.54) is 11.8 Å². The monoisotopic (exact) mass is 551 g/mol. The molecule has 33 heavy (non-hydrogen) atoms. The summed E-state index contributed by atoms with van der Waals surface area (Å²) in [4.78, 5) is 24.6. The number of aromatic nitrogens is 3. The second kappa shape index (κ2) is 12.1. The van der Waals surface area contributed by atoms with Gasteiger partial charge in [-0.2, -0.15) is 0 Å². The number of ether oxygens (including phenoxy) is 1. The van der Waals surface area contributed by atoms with E-state index in [-0.39, 0.29) is 30.5 Å². The van der Waals surface area contributed by atoms with Gasteiger partial charge < -0.3 is 19.9 Å². The third-order valence-corrected chi connectivity index (χ3v) is 6.81. The first kappa shape index (κ1) is 25.1. The van der Waals surface area contributed by atoms with Gasteiger partial charge in [0.05, 0.1) is 30.9 Å². The van der Waals surface area contributed by atoms with E-state index in [2.05, 4.69) is 36.8 Å². The maximum Gasteiger partial charge on any atom is 0.234 e. The molecule has 2 amide bonds. The highest BCUT2D eigenvalue weighted by Gasteiger charge is 2.14. The highest BCUT2D eigenvalue weighted by molar-refractivity contribution is 9.10. The number of nitrogens with one attached hydrogen (secondary N) is 2. The van der Waals surface area contributed by atoms with E-state index in [9.17, 15) is 9.59 Å². The van der Waals surface area contributed by atoms with Crippen LogP contribution in [0.4, 0.5) is 5.69 Å². The lowest BCUT2D eigenvalue weighted by atomic mass is 10.1. The van der Waals surface area contributed by atoms with Gasteiger partial charge in [-0.3, -0.25) is 9.59 Å². The Morgan fingerprint density at radius 1 is 1.15 bits per heavy atom. The number of anilines is 1. The van der Waals surface area contributed by atoms with E-state index in [0.717, 1.165) is 15.8 Å². The summed E-state index contributed by atoms with van der Waals surface area (Å²) in [7, 11) is 1.60. The first-order valence-electron chi connectivity index (χ1n) is 10.1. The summed E-state index contributed by atoms with van der Waals surface area (Å²) in [5.74, 6) is 1.24. The Hall–Kier alpha value is -2.56. The summed E-state index contributed by atoms with van der Waals surface area (Å²) in [6.07, 6.45) is 0.256. The predicted molar refractivity (Wildman–Crippen MR) is 133 cm³/mol. The minimum atomic E-state index is -0.182. The lowest BCUT2D eigenvalue weighted by Crippen LogP contribution is -2.26. The Morgan fingerprint density at radius 2 is 1.91 bits per heavy atom. The van der Waals surface area contributed by atoms with E-state index in [0.29, 0.717) is 28.2 Å². The lowest BCUT2D eigenvalue weighted by molar-refractivity contribution is -0.120. The van der Waals surface area contributed by atoms with Crippen molar-refractivity contribution in [3.63, 3.8) is 0 Å². The van der Waals surface area contributed by atoms with Crippen molar-refractivity contribution in [1.82, 2.24) is 20.1 Å². The SMILES string of the molecule is CCn1c(CNC(=O)Cc2ccc(OC)cc2)nnc1SCC(=O)Nc1ccc(Br)c(Cl)c1. The van der Waals surface area contributed by atoms with Crippen LogP contribution >= 0.6 is 39.3 Å². The molecule has 0 spiro atoms. The van der Waals surface area contributed by atoms with Crippen molar-refractivity contribution >= 4 is 56.8 Å². The Morgan fingerprint density at radius 3 is 2.58 bits per heavy atom. The van der Waals surface area contributed by atoms with Crippen LogP contribution < -0.4 is 15.4 Å². The summed E-state index contributed by atoms with van der Waals surface area (Å²) >= 11 is 10.7. The van der Waals surface area contributed by atoms with E-state index >= 15 is 0 Å². The van der Waals surface area contributed by atoms with Crippen LogP contribution in [0.25, 0.3) is 0 Å². The molecule has 0 atom stereocenters. The third-order valence-electron chi connectivity index (χ3n) is 4.61. The molecule has 11 heteroatoms. The molecule has 1 heterocycles. The maximum absolute atomic E-state index is 12.3. The van der Waals surface area contributed by atoms with Gasteiger partial charge in [0.25, 0.3) is 0 Å². The maximum atomic E-state index is 12.3. The molecular formula is C22H23BrClN5O3S. The highest BCUT2D eigenvalue weighted by atomic mass is 79.9. The first-order chi connectivity index (χ1) is 15.9. The number of rotatable bonds is 10. The third kappa shape index (κ3) is 7.21. The van der Waals surface area contributed by atoms with Crippen LogP contribution in [-0.2, 0) is 29.1 Å². The Kier molecular flexibility index (Phi) is 9.16. The molecule has 174 valence electrons. The number of carbonyl (C=O) groups excluding carboxylic acids is 2. The second-order valence-corrected chi connectivity index (χ2v) is 9.11. The fourth-order valence-electron chi connectivity index (χ4n) is 2.94. The number of carbonyl (C=O) groups is 2. The zero-order valence-corrected chi connectivity index (χ0v) is 21.3. The molecule has 0 bridgehead atoms. The Labute approximate surface area is 209 Å². The molecule has 2 N–H and O–H groups in total. The van der Waals surface area contributed by atoms with Gasteiger partial charge >= 0.3 is 0 Å². The average Bonchev–Trinajstić information content (AvgIpc) is 3.21. The number of amides is 2. The molecule has 0 saturated carbocycles. The van der Waals surface area contributed by atoms with Crippen molar-refractivity contribution in [1.29, 1.82) is 0 Å². The van der Waals surface area contributed by atoms with E-state index in [4.69, 9.17) is 16.3 Å². The average molecular weight is 553 g/mol. The quantitative estimate of drug-likeness (QED) is 0.364.